The van der Waals surface area contributed by atoms with Crippen molar-refractivity contribution < 1.29 is 8.42 Å². The summed E-state index contributed by atoms with van der Waals surface area (Å²) in [5.74, 6) is 0.342. The van der Waals surface area contributed by atoms with E-state index in [1.54, 1.807) is 10.4 Å². The first-order valence-electron chi connectivity index (χ1n) is 5.33. The largest absolute Gasteiger partial charge is 0.245 e. The van der Waals surface area contributed by atoms with E-state index in [2.05, 4.69) is 15.9 Å². The van der Waals surface area contributed by atoms with Crippen LogP contribution < -0.4 is 0 Å². The van der Waals surface area contributed by atoms with E-state index in [-0.39, 0.29) is 6.04 Å². The van der Waals surface area contributed by atoms with Gasteiger partial charge in [0.2, 0.25) is 10.0 Å². The van der Waals surface area contributed by atoms with Gasteiger partial charge in [-0.3, -0.25) is 0 Å². The highest BCUT2D eigenvalue weighted by atomic mass is 79.9. The molecule has 1 aliphatic rings. The van der Waals surface area contributed by atoms with Crippen LogP contribution in [0.3, 0.4) is 0 Å². The molecule has 0 radical (unpaired) electrons. The van der Waals surface area contributed by atoms with E-state index in [4.69, 9.17) is 11.6 Å². The lowest BCUT2D eigenvalue weighted by molar-refractivity contribution is 0.408. The molecule has 1 fully saturated rings. The van der Waals surface area contributed by atoms with Crippen LogP contribution >= 0.6 is 38.9 Å². The van der Waals surface area contributed by atoms with Crippen molar-refractivity contribution in [1.29, 1.82) is 0 Å². The van der Waals surface area contributed by atoms with E-state index >= 15 is 0 Å². The molecule has 1 saturated heterocycles. The fraction of sp³-hybridized carbons (Fsp3) is 0.600. The van der Waals surface area contributed by atoms with Crippen LogP contribution in [0.5, 0.6) is 0 Å². The number of sulfonamides is 1. The molecule has 0 spiro atoms. The second-order valence-electron chi connectivity index (χ2n) is 4.09. The van der Waals surface area contributed by atoms with Crippen molar-refractivity contribution in [2.24, 2.45) is 0 Å². The second kappa shape index (κ2) is 5.17. The maximum Gasteiger partial charge on any atom is 0.245 e. The van der Waals surface area contributed by atoms with E-state index in [1.807, 2.05) is 6.92 Å². The van der Waals surface area contributed by atoms with Crippen molar-refractivity contribution >= 4 is 48.9 Å². The monoisotopic (exact) mass is 357 g/mol. The molecule has 1 aromatic heterocycles. The molecule has 1 aromatic rings. The molecule has 96 valence electrons. The Bertz CT molecular complexity index is 514. The molecule has 2 heterocycles. The van der Waals surface area contributed by atoms with E-state index < -0.39 is 10.0 Å². The maximum atomic E-state index is 12.5. The summed E-state index contributed by atoms with van der Waals surface area (Å²) in [6.45, 7) is 2.56. The minimum absolute atomic E-state index is 0.0891. The predicted molar refractivity (Wildman–Crippen MR) is 74.2 cm³/mol. The first kappa shape index (κ1) is 13.8. The fourth-order valence-electron chi connectivity index (χ4n) is 2.03. The normalized spacial score (nSPS) is 22.2. The lowest BCUT2D eigenvalue weighted by Gasteiger charge is -2.20. The molecule has 1 aliphatic heterocycles. The highest BCUT2D eigenvalue weighted by Gasteiger charge is 2.34. The summed E-state index contributed by atoms with van der Waals surface area (Å²) in [6, 6.07) is 1.76. The maximum absolute atomic E-state index is 12.5. The van der Waals surface area contributed by atoms with Gasteiger partial charge in [-0.2, -0.15) is 4.31 Å². The Balaban J connectivity index is 2.40. The quantitative estimate of drug-likeness (QED) is 0.776. The third-order valence-electron chi connectivity index (χ3n) is 2.92. The molecule has 0 amide bonds. The highest BCUT2D eigenvalue weighted by molar-refractivity contribution is 9.11. The predicted octanol–water partition coefficient (Wildman–Crippen LogP) is 3.42. The molecule has 0 N–H and O–H groups in total. The average Bonchev–Trinajstić information content (AvgIpc) is 2.84. The third kappa shape index (κ3) is 2.56. The van der Waals surface area contributed by atoms with Gasteiger partial charge in [0.25, 0.3) is 0 Å². The molecule has 2 rings (SSSR count). The minimum atomic E-state index is -3.37. The second-order valence-corrected chi connectivity index (χ2v) is 8.67. The summed E-state index contributed by atoms with van der Waals surface area (Å²) in [4.78, 5) is 1.22. The molecular weight excluding hydrogens is 346 g/mol. The summed E-state index contributed by atoms with van der Waals surface area (Å²) in [6.07, 6.45) is 1.87. The van der Waals surface area contributed by atoms with Crippen LogP contribution in [0.15, 0.2) is 14.7 Å². The van der Waals surface area contributed by atoms with E-state index in [1.165, 1.54) is 11.3 Å². The van der Waals surface area contributed by atoms with Gasteiger partial charge in [-0.25, -0.2) is 8.42 Å². The first-order chi connectivity index (χ1) is 7.96. The number of hydrogen-bond acceptors (Lipinski definition) is 3. The van der Waals surface area contributed by atoms with Gasteiger partial charge in [-0.1, -0.05) is 0 Å². The summed E-state index contributed by atoms with van der Waals surface area (Å²) < 4.78 is 27.1. The Labute approximate surface area is 119 Å². The SMILES string of the molecule is CC1CCCN1S(=O)(=O)c1cc(CCl)sc1Br. The summed E-state index contributed by atoms with van der Waals surface area (Å²) in [7, 11) is -3.37. The van der Waals surface area contributed by atoms with Crippen molar-refractivity contribution in [2.75, 3.05) is 6.54 Å². The number of hydrogen-bond donors (Lipinski definition) is 0. The molecule has 0 saturated carbocycles. The van der Waals surface area contributed by atoms with Crippen LogP contribution in [0.2, 0.25) is 0 Å². The van der Waals surface area contributed by atoms with Crippen LogP contribution in [0, 0.1) is 0 Å². The molecule has 17 heavy (non-hydrogen) atoms. The molecule has 3 nitrogen and oxygen atoms in total. The Morgan fingerprint density at radius 1 is 1.65 bits per heavy atom. The van der Waals surface area contributed by atoms with Crippen LogP contribution in [-0.4, -0.2) is 25.3 Å². The molecule has 7 heteroatoms. The third-order valence-corrected chi connectivity index (χ3v) is 7.63. The van der Waals surface area contributed by atoms with E-state index in [9.17, 15) is 8.42 Å². The van der Waals surface area contributed by atoms with Crippen molar-refractivity contribution in [3.05, 3.63) is 14.7 Å². The van der Waals surface area contributed by atoms with Crippen LogP contribution in [0.25, 0.3) is 0 Å². The lowest BCUT2D eigenvalue weighted by Crippen LogP contribution is -2.33. The molecular formula is C10H13BrClNO2S2. The zero-order chi connectivity index (χ0) is 12.6. The number of halogens is 2. The van der Waals surface area contributed by atoms with Gasteiger partial charge in [0.15, 0.2) is 0 Å². The van der Waals surface area contributed by atoms with Crippen LogP contribution in [-0.2, 0) is 15.9 Å². The van der Waals surface area contributed by atoms with Gasteiger partial charge in [-0.15, -0.1) is 22.9 Å². The number of thiophene rings is 1. The van der Waals surface area contributed by atoms with Gasteiger partial charge in [0, 0.05) is 17.5 Å². The smallest absolute Gasteiger partial charge is 0.207 e. The molecule has 0 aromatic carbocycles. The Morgan fingerprint density at radius 3 is 2.82 bits per heavy atom. The highest BCUT2D eigenvalue weighted by Crippen LogP contribution is 2.36. The average molecular weight is 359 g/mol. The zero-order valence-corrected chi connectivity index (χ0v) is 13.3. The van der Waals surface area contributed by atoms with E-state index in [0.29, 0.717) is 21.1 Å². The van der Waals surface area contributed by atoms with Crippen LogP contribution in [0.1, 0.15) is 24.6 Å². The van der Waals surface area contributed by atoms with E-state index in [0.717, 1.165) is 17.7 Å². The van der Waals surface area contributed by atoms with Crippen molar-refractivity contribution in [2.45, 2.75) is 36.6 Å². The van der Waals surface area contributed by atoms with Gasteiger partial charge in [-0.05, 0) is 41.8 Å². The molecule has 1 atom stereocenters. The standard InChI is InChI=1S/C10H13BrClNO2S2/c1-7-3-2-4-13(7)17(14,15)9-5-8(6-12)16-10(9)11/h5,7H,2-4,6H2,1H3. The molecule has 1 unspecified atom stereocenters. The first-order valence-corrected chi connectivity index (χ1v) is 8.91. The van der Waals surface area contributed by atoms with Crippen molar-refractivity contribution in [3.8, 4) is 0 Å². The van der Waals surface area contributed by atoms with Crippen molar-refractivity contribution in [3.63, 3.8) is 0 Å². The summed E-state index contributed by atoms with van der Waals surface area (Å²) in [5, 5.41) is 0. The zero-order valence-electron chi connectivity index (χ0n) is 9.32. The number of alkyl halides is 1. The Hall–Kier alpha value is 0.380. The lowest BCUT2D eigenvalue weighted by atomic mass is 10.3. The topological polar surface area (TPSA) is 37.4 Å². The number of rotatable bonds is 3. The minimum Gasteiger partial charge on any atom is -0.207 e. The van der Waals surface area contributed by atoms with Crippen molar-refractivity contribution in [1.82, 2.24) is 4.31 Å². The summed E-state index contributed by atoms with van der Waals surface area (Å²) in [5.41, 5.74) is 0. The number of nitrogens with zero attached hydrogens (tertiary/aromatic N) is 1. The molecule has 0 bridgehead atoms. The van der Waals surface area contributed by atoms with Gasteiger partial charge in [0.1, 0.15) is 4.90 Å². The Morgan fingerprint density at radius 2 is 2.35 bits per heavy atom. The fourth-order valence-corrected chi connectivity index (χ4v) is 6.45. The Kier molecular flexibility index (Phi) is 4.20. The van der Waals surface area contributed by atoms with Gasteiger partial charge < -0.3 is 0 Å². The summed E-state index contributed by atoms with van der Waals surface area (Å²) >= 11 is 10.4. The van der Waals surface area contributed by atoms with Gasteiger partial charge in [0.05, 0.1) is 9.67 Å². The van der Waals surface area contributed by atoms with Crippen LogP contribution in [0.4, 0.5) is 0 Å². The van der Waals surface area contributed by atoms with Gasteiger partial charge >= 0.3 is 0 Å². The molecule has 0 aliphatic carbocycles.